The summed E-state index contributed by atoms with van der Waals surface area (Å²) in [5.41, 5.74) is -0.866. The lowest BCUT2D eigenvalue weighted by Gasteiger charge is -2.13. The van der Waals surface area contributed by atoms with Gasteiger partial charge in [-0.15, -0.1) is 0 Å². The van der Waals surface area contributed by atoms with Crippen LogP contribution in [0.25, 0.3) is 0 Å². The Hall–Kier alpha value is -2.58. The fraction of sp³-hybridized carbons (Fsp3) is 0.235. The van der Waals surface area contributed by atoms with Gasteiger partial charge in [0.25, 0.3) is 0 Å². The Morgan fingerprint density at radius 1 is 0.885 bits per heavy atom. The summed E-state index contributed by atoms with van der Waals surface area (Å²) in [7, 11) is 0. The Morgan fingerprint density at radius 3 is 1.81 bits per heavy atom. The SMILES string of the molecule is CC(C)c1ccc(/C=N\Nc2c(F)c(F)c(C(F)(F)F)c(F)c2F)cc1. The van der Waals surface area contributed by atoms with Gasteiger partial charge in [0.1, 0.15) is 11.3 Å². The first-order chi connectivity index (χ1) is 12.0. The summed E-state index contributed by atoms with van der Waals surface area (Å²) >= 11 is 0. The van der Waals surface area contributed by atoms with Crippen LogP contribution in [0.5, 0.6) is 0 Å². The molecule has 0 atom stereocenters. The molecule has 26 heavy (non-hydrogen) atoms. The normalized spacial score (nSPS) is 12.2. The third-order valence-corrected chi connectivity index (χ3v) is 3.54. The highest BCUT2D eigenvalue weighted by Gasteiger charge is 2.42. The molecule has 0 aliphatic carbocycles. The Kier molecular flexibility index (Phi) is 5.58. The van der Waals surface area contributed by atoms with Crippen LogP contribution in [0.1, 0.15) is 36.5 Å². The number of hydrazone groups is 1. The van der Waals surface area contributed by atoms with Gasteiger partial charge in [-0.2, -0.15) is 18.3 Å². The third kappa shape index (κ3) is 3.97. The predicted octanol–water partition coefficient (Wildman–Crippen LogP) is 5.83. The number of benzene rings is 2. The Morgan fingerprint density at radius 2 is 1.38 bits per heavy atom. The predicted molar refractivity (Wildman–Crippen MR) is 83.0 cm³/mol. The van der Waals surface area contributed by atoms with Gasteiger partial charge >= 0.3 is 6.18 Å². The number of anilines is 1. The molecular weight excluding hydrogens is 365 g/mol. The molecule has 0 aromatic heterocycles. The van der Waals surface area contributed by atoms with Crippen LogP contribution in [-0.4, -0.2) is 6.21 Å². The molecule has 9 heteroatoms. The lowest BCUT2D eigenvalue weighted by atomic mass is 10.0. The first-order valence-corrected chi connectivity index (χ1v) is 7.36. The number of rotatable bonds is 4. The number of nitrogens with zero attached hydrogens (tertiary/aromatic N) is 1. The van der Waals surface area contributed by atoms with E-state index in [1.807, 2.05) is 13.8 Å². The molecule has 0 amide bonds. The van der Waals surface area contributed by atoms with Crippen LogP contribution in [0.15, 0.2) is 29.4 Å². The molecule has 0 aliphatic rings. The Balaban J connectivity index is 2.30. The minimum absolute atomic E-state index is 0.278. The molecule has 2 rings (SSSR count). The molecule has 0 saturated carbocycles. The second kappa shape index (κ2) is 7.35. The van der Waals surface area contributed by atoms with Crippen molar-refractivity contribution in [2.75, 3.05) is 5.43 Å². The standard InChI is InChI=1S/C17H13F7N2/c1-8(2)10-5-3-9(4-6-10)7-25-26-16-14(20)12(18)11(17(22,23)24)13(19)15(16)21/h3-8,26H,1-2H3/b25-7-. The van der Waals surface area contributed by atoms with Crippen molar-refractivity contribution in [1.29, 1.82) is 0 Å². The van der Waals surface area contributed by atoms with Gasteiger partial charge in [0.15, 0.2) is 23.3 Å². The largest absolute Gasteiger partial charge is 0.422 e. The summed E-state index contributed by atoms with van der Waals surface area (Å²) < 4.78 is 91.8. The fourth-order valence-corrected chi connectivity index (χ4v) is 2.12. The van der Waals surface area contributed by atoms with Gasteiger partial charge in [-0.05, 0) is 17.0 Å². The van der Waals surface area contributed by atoms with Crippen molar-refractivity contribution >= 4 is 11.9 Å². The van der Waals surface area contributed by atoms with Gasteiger partial charge in [-0.3, -0.25) is 5.43 Å². The summed E-state index contributed by atoms with van der Waals surface area (Å²) in [6.45, 7) is 3.95. The van der Waals surface area contributed by atoms with E-state index < -0.39 is 40.7 Å². The second-order valence-electron chi connectivity index (χ2n) is 5.70. The highest BCUT2D eigenvalue weighted by atomic mass is 19.4. The van der Waals surface area contributed by atoms with E-state index in [1.165, 1.54) is 0 Å². The molecule has 2 nitrogen and oxygen atoms in total. The summed E-state index contributed by atoms with van der Waals surface area (Å²) in [6, 6.07) is 6.84. The summed E-state index contributed by atoms with van der Waals surface area (Å²) in [5, 5.41) is 3.41. The van der Waals surface area contributed by atoms with Crippen molar-refractivity contribution in [3.8, 4) is 0 Å². The number of nitrogens with one attached hydrogen (secondary N) is 1. The molecule has 0 spiro atoms. The molecule has 2 aromatic carbocycles. The minimum atomic E-state index is -5.59. The van der Waals surface area contributed by atoms with Crippen molar-refractivity contribution in [1.82, 2.24) is 0 Å². The number of alkyl halides is 3. The highest BCUT2D eigenvalue weighted by molar-refractivity contribution is 5.80. The molecular formula is C17H13F7N2. The Labute approximate surface area is 144 Å². The van der Waals surface area contributed by atoms with Crippen LogP contribution in [0.2, 0.25) is 0 Å². The van der Waals surface area contributed by atoms with E-state index in [4.69, 9.17) is 0 Å². The first kappa shape index (κ1) is 19.7. The molecule has 1 N–H and O–H groups in total. The van der Waals surface area contributed by atoms with Gasteiger partial charge < -0.3 is 0 Å². The van der Waals surface area contributed by atoms with E-state index >= 15 is 0 Å². The molecule has 140 valence electrons. The molecule has 0 fully saturated rings. The maximum atomic E-state index is 13.7. The van der Waals surface area contributed by atoms with Crippen LogP contribution in [0.3, 0.4) is 0 Å². The first-order valence-electron chi connectivity index (χ1n) is 7.36. The number of hydrogen-bond donors (Lipinski definition) is 1. The summed E-state index contributed by atoms with van der Waals surface area (Å²) in [6.07, 6.45) is -4.49. The fourth-order valence-electron chi connectivity index (χ4n) is 2.12. The zero-order valence-electron chi connectivity index (χ0n) is 13.6. The molecule has 0 bridgehead atoms. The molecule has 2 aromatic rings. The van der Waals surface area contributed by atoms with Crippen LogP contribution < -0.4 is 5.43 Å². The molecule has 0 heterocycles. The van der Waals surface area contributed by atoms with Crippen molar-refractivity contribution in [3.05, 3.63) is 64.2 Å². The van der Waals surface area contributed by atoms with Crippen LogP contribution in [0, 0.1) is 23.3 Å². The van der Waals surface area contributed by atoms with Crippen molar-refractivity contribution in [2.45, 2.75) is 25.9 Å². The summed E-state index contributed by atoms with van der Waals surface area (Å²) in [5.74, 6) is -9.25. The Bertz CT molecular complexity index is 795. The lowest BCUT2D eigenvalue weighted by molar-refractivity contribution is -0.143. The van der Waals surface area contributed by atoms with Gasteiger partial charge in [0, 0.05) is 0 Å². The van der Waals surface area contributed by atoms with E-state index in [2.05, 4.69) is 5.10 Å². The quantitative estimate of drug-likeness (QED) is 0.308. The molecule has 0 saturated heterocycles. The average Bonchev–Trinajstić information content (AvgIpc) is 2.55. The van der Waals surface area contributed by atoms with E-state index in [-0.39, 0.29) is 5.92 Å². The number of halogens is 7. The maximum absolute atomic E-state index is 13.7. The van der Waals surface area contributed by atoms with E-state index in [0.717, 1.165) is 11.8 Å². The van der Waals surface area contributed by atoms with Crippen molar-refractivity contribution in [2.24, 2.45) is 5.10 Å². The third-order valence-electron chi connectivity index (χ3n) is 3.54. The zero-order chi connectivity index (χ0) is 19.6. The lowest BCUT2D eigenvalue weighted by Crippen LogP contribution is -2.16. The molecule has 0 unspecified atom stereocenters. The van der Waals surface area contributed by atoms with Crippen LogP contribution in [0.4, 0.5) is 36.4 Å². The van der Waals surface area contributed by atoms with Gasteiger partial charge in [0.2, 0.25) is 0 Å². The topological polar surface area (TPSA) is 24.4 Å². The van der Waals surface area contributed by atoms with Crippen molar-refractivity contribution in [3.63, 3.8) is 0 Å². The van der Waals surface area contributed by atoms with Gasteiger partial charge in [0.05, 0.1) is 6.21 Å². The minimum Gasteiger partial charge on any atom is -0.272 e. The van der Waals surface area contributed by atoms with E-state index in [9.17, 15) is 30.7 Å². The zero-order valence-corrected chi connectivity index (χ0v) is 13.6. The van der Waals surface area contributed by atoms with Crippen LogP contribution >= 0.6 is 0 Å². The molecule has 0 radical (unpaired) electrons. The number of hydrogen-bond acceptors (Lipinski definition) is 2. The van der Waals surface area contributed by atoms with Gasteiger partial charge in [-0.1, -0.05) is 38.1 Å². The van der Waals surface area contributed by atoms with Gasteiger partial charge in [-0.25, -0.2) is 17.6 Å². The summed E-state index contributed by atoms with van der Waals surface area (Å²) in [4.78, 5) is 0. The second-order valence-corrected chi connectivity index (χ2v) is 5.70. The highest BCUT2D eigenvalue weighted by Crippen LogP contribution is 2.38. The average molecular weight is 378 g/mol. The smallest absolute Gasteiger partial charge is 0.272 e. The van der Waals surface area contributed by atoms with E-state index in [0.29, 0.717) is 5.56 Å². The van der Waals surface area contributed by atoms with E-state index in [1.54, 1.807) is 29.7 Å². The molecule has 0 aliphatic heterocycles. The maximum Gasteiger partial charge on any atom is 0.422 e. The van der Waals surface area contributed by atoms with Crippen molar-refractivity contribution < 1.29 is 30.7 Å². The monoisotopic (exact) mass is 378 g/mol. The van der Waals surface area contributed by atoms with Crippen LogP contribution in [-0.2, 0) is 6.18 Å².